The fourth-order valence-corrected chi connectivity index (χ4v) is 5.78. The fourth-order valence-electron chi connectivity index (χ4n) is 2.45. The van der Waals surface area contributed by atoms with Gasteiger partial charge < -0.3 is 0 Å². The molecule has 0 aliphatic carbocycles. The standard InChI is InChI=1S/C13H16Br2ClNO2S/c14-11-3-4-12(15)13(8-11)20(18,19)17-7-1-2-10(9-17)5-6-16/h3-4,8,10H,1-2,5-7,9H2. The summed E-state index contributed by atoms with van der Waals surface area (Å²) in [6, 6.07) is 5.21. The zero-order valence-corrected chi connectivity index (χ0v) is 15.6. The Labute approximate surface area is 142 Å². The summed E-state index contributed by atoms with van der Waals surface area (Å²) in [6.45, 7) is 1.15. The normalized spacial score (nSPS) is 21.1. The van der Waals surface area contributed by atoms with Crippen LogP contribution in [0.2, 0.25) is 0 Å². The summed E-state index contributed by atoms with van der Waals surface area (Å²) in [6.07, 6.45) is 2.82. The van der Waals surface area contributed by atoms with Crippen LogP contribution in [-0.4, -0.2) is 31.7 Å². The van der Waals surface area contributed by atoms with Crippen LogP contribution in [0.15, 0.2) is 32.0 Å². The lowest BCUT2D eigenvalue weighted by Crippen LogP contribution is -2.40. The Balaban J connectivity index is 2.27. The number of benzene rings is 1. The molecule has 0 radical (unpaired) electrons. The molecule has 112 valence electrons. The minimum Gasteiger partial charge on any atom is -0.207 e. The van der Waals surface area contributed by atoms with Crippen LogP contribution in [0.3, 0.4) is 0 Å². The van der Waals surface area contributed by atoms with Gasteiger partial charge in [-0.25, -0.2) is 8.42 Å². The molecule has 3 nitrogen and oxygen atoms in total. The Bertz CT molecular complexity index is 578. The Hall–Kier alpha value is 0.380. The van der Waals surface area contributed by atoms with Gasteiger partial charge in [-0.15, -0.1) is 11.6 Å². The Kier molecular flexibility index (Phi) is 5.94. The molecule has 0 saturated carbocycles. The topological polar surface area (TPSA) is 37.4 Å². The molecule has 0 spiro atoms. The van der Waals surface area contributed by atoms with Crippen molar-refractivity contribution in [2.24, 2.45) is 5.92 Å². The van der Waals surface area contributed by atoms with Gasteiger partial charge in [0.05, 0.1) is 4.90 Å². The van der Waals surface area contributed by atoms with E-state index in [0.29, 0.717) is 34.3 Å². The Morgan fingerprint density at radius 2 is 2.10 bits per heavy atom. The third-order valence-electron chi connectivity index (χ3n) is 3.51. The van der Waals surface area contributed by atoms with Gasteiger partial charge >= 0.3 is 0 Å². The second-order valence-electron chi connectivity index (χ2n) is 4.92. The Morgan fingerprint density at radius 1 is 1.35 bits per heavy atom. The summed E-state index contributed by atoms with van der Waals surface area (Å²) in [5.41, 5.74) is 0. The zero-order valence-electron chi connectivity index (χ0n) is 10.9. The number of rotatable bonds is 4. The number of hydrogen-bond acceptors (Lipinski definition) is 2. The average molecular weight is 446 g/mol. The van der Waals surface area contributed by atoms with E-state index < -0.39 is 10.0 Å². The van der Waals surface area contributed by atoms with Crippen LogP contribution in [0.1, 0.15) is 19.3 Å². The molecule has 7 heteroatoms. The maximum Gasteiger partial charge on any atom is 0.244 e. The van der Waals surface area contributed by atoms with Crippen molar-refractivity contribution in [2.75, 3.05) is 19.0 Å². The number of sulfonamides is 1. The summed E-state index contributed by atoms with van der Waals surface area (Å²) in [5.74, 6) is 0.945. The number of nitrogens with zero attached hydrogens (tertiary/aromatic N) is 1. The smallest absolute Gasteiger partial charge is 0.207 e. The summed E-state index contributed by atoms with van der Waals surface area (Å²) < 4.78 is 28.4. The molecule has 1 heterocycles. The predicted molar refractivity (Wildman–Crippen MR) is 88.7 cm³/mol. The molecule has 20 heavy (non-hydrogen) atoms. The molecule has 1 saturated heterocycles. The number of halogens is 3. The monoisotopic (exact) mass is 443 g/mol. The van der Waals surface area contributed by atoms with Gasteiger partial charge in [-0.1, -0.05) is 15.9 Å². The largest absolute Gasteiger partial charge is 0.244 e. The van der Waals surface area contributed by atoms with Crippen molar-refractivity contribution >= 4 is 53.5 Å². The maximum atomic E-state index is 12.8. The van der Waals surface area contributed by atoms with Crippen LogP contribution in [0.5, 0.6) is 0 Å². The molecule has 1 atom stereocenters. The molecule has 1 aromatic rings. The van der Waals surface area contributed by atoms with Crippen LogP contribution in [0.4, 0.5) is 0 Å². The second kappa shape index (κ2) is 7.09. The van der Waals surface area contributed by atoms with Crippen LogP contribution < -0.4 is 0 Å². The molecule has 0 amide bonds. The highest BCUT2D eigenvalue weighted by Crippen LogP contribution is 2.31. The van der Waals surface area contributed by atoms with E-state index in [2.05, 4.69) is 31.9 Å². The number of alkyl halides is 1. The first-order valence-electron chi connectivity index (χ1n) is 6.46. The van der Waals surface area contributed by atoms with E-state index in [1.165, 1.54) is 0 Å². The highest BCUT2D eigenvalue weighted by Gasteiger charge is 2.31. The fraction of sp³-hybridized carbons (Fsp3) is 0.538. The van der Waals surface area contributed by atoms with Crippen molar-refractivity contribution in [3.8, 4) is 0 Å². The van der Waals surface area contributed by atoms with Gasteiger partial charge in [0, 0.05) is 27.9 Å². The zero-order chi connectivity index (χ0) is 14.8. The molecular formula is C13H16Br2ClNO2S. The van der Waals surface area contributed by atoms with Crippen LogP contribution in [0.25, 0.3) is 0 Å². The summed E-state index contributed by atoms with van der Waals surface area (Å²) in [5, 5.41) is 0. The Morgan fingerprint density at radius 3 is 2.80 bits per heavy atom. The molecule has 2 rings (SSSR count). The summed E-state index contributed by atoms with van der Waals surface area (Å²) >= 11 is 12.4. The SMILES string of the molecule is O=S(=O)(c1cc(Br)ccc1Br)N1CCCC(CCCl)C1. The van der Waals surface area contributed by atoms with Gasteiger partial charge in [0.1, 0.15) is 0 Å². The molecule has 1 aromatic carbocycles. The van der Waals surface area contributed by atoms with Crippen LogP contribution >= 0.6 is 43.5 Å². The second-order valence-corrected chi connectivity index (χ2v) is 8.98. The quantitative estimate of drug-likeness (QED) is 0.650. The lowest BCUT2D eigenvalue weighted by atomic mass is 9.97. The van der Waals surface area contributed by atoms with E-state index in [4.69, 9.17) is 11.6 Å². The van der Waals surface area contributed by atoms with Gasteiger partial charge in [-0.3, -0.25) is 0 Å². The lowest BCUT2D eigenvalue weighted by molar-refractivity contribution is 0.262. The molecule has 0 bridgehead atoms. The molecule has 1 unspecified atom stereocenters. The van der Waals surface area contributed by atoms with Crippen molar-refractivity contribution in [1.29, 1.82) is 0 Å². The summed E-state index contributed by atoms with van der Waals surface area (Å²) in [7, 11) is -3.45. The molecular weight excluding hydrogens is 429 g/mol. The highest BCUT2D eigenvalue weighted by molar-refractivity contribution is 9.11. The minimum absolute atomic E-state index is 0.318. The maximum absolute atomic E-state index is 12.8. The van der Waals surface area contributed by atoms with Gasteiger partial charge in [0.15, 0.2) is 0 Å². The third-order valence-corrected chi connectivity index (χ3v) is 7.08. The van der Waals surface area contributed by atoms with Crippen LogP contribution in [0, 0.1) is 5.92 Å². The number of piperidine rings is 1. The molecule has 0 aromatic heterocycles. The van der Waals surface area contributed by atoms with Gasteiger partial charge in [-0.05, 0) is 59.3 Å². The molecule has 0 N–H and O–H groups in total. The minimum atomic E-state index is -3.45. The van der Waals surface area contributed by atoms with Gasteiger partial charge in [0.25, 0.3) is 0 Å². The summed E-state index contributed by atoms with van der Waals surface area (Å²) in [4.78, 5) is 0.318. The first kappa shape index (κ1) is 16.7. The first-order valence-corrected chi connectivity index (χ1v) is 10.0. The molecule has 1 fully saturated rings. The average Bonchev–Trinajstić information content (AvgIpc) is 2.42. The van der Waals surface area contributed by atoms with Gasteiger partial charge in [0.2, 0.25) is 10.0 Å². The van der Waals surface area contributed by atoms with Crippen molar-refractivity contribution in [1.82, 2.24) is 4.31 Å². The van der Waals surface area contributed by atoms with Crippen molar-refractivity contribution in [3.05, 3.63) is 27.1 Å². The number of hydrogen-bond donors (Lipinski definition) is 0. The van der Waals surface area contributed by atoms with E-state index in [-0.39, 0.29) is 0 Å². The van der Waals surface area contributed by atoms with Gasteiger partial charge in [-0.2, -0.15) is 4.31 Å². The first-order chi connectivity index (χ1) is 9.45. The van der Waals surface area contributed by atoms with E-state index in [9.17, 15) is 8.42 Å². The predicted octanol–water partition coefficient (Wildman–Crippen LogP) is 4.24. The third kappa shape index (κ3) is 3.77. The van der Waals surface area contributed by atoms with Crippen molar-refractivity contribution in [3.63, 3.8) is 0 Å². The molecule has 1 aliphatic rings. The highest BCUT2D eigenvalue weighted by atomic mass is 79.9. The van der Waals surface area contributed by atoms with Crippen molar-refractivity contribution < 1.29 is 8.42 Å². The lowest BCUT2D eigenvalue weighted by Gasteiger charge is -2.32. The molecule has 1 aliphatic heterocycles. The van der Waals surface area contributed by atoms with E-state index in [1.54, 1.807) is 16.4 Å². The van der Waals surface area contributed by atoms with E-state index >= 15 is 0 Å². The van der Waals surface area contributed by atoms with E-state index in [0.717, 1.165) is 23.7 Å². The van der Waals surface area contributed by atoms with Crippen LogP contribution in [-0.2, 0) is 10.0 Å². The van der Waals surface area contributed by atoms with Crippen molar-refractivity contribution in [2.45, 2.75) is 24.2 Å². The van der Waals surface area contributed by atoms with E-state index in [1.807, 2.05) is 6.07 Å².